The van der Waals surface area contributed by atoms with E-state index in [4.69, 9.17) is 0 Å². The quantitative estimate of drug-likeness (QED) is 0.165. The maximum atomic E-state index is 2.52. The number of benzene rings is 8. The SMILES string of the molecule is C1=CC2=[N+](c3ccccc3)c3cc4c(cc3N(c3ccccc3)C2C=C1)-c1ccccc1-c1c(cccc1-n1c2ccccc2c2ccccc21)-c1ccccc1-4. The summed E-state index contributed by atoms with van der Waals surface area (Å²) in [7, 11) is 0. The molecule has 1 unspecified atom stereocenters. The summed E-state index contributed by atoms with van der Waals surface area (Å²) in [6, 6.07) is 69.2. The largest absolute Gasteiger partial charge is 0.319 e. The van der Waals surface area contributed by atoms with Gasteiger partial charge in [0.1, 0.15) is 11.7 Å². The molecule has 8 aromatic carbocycles. The Kier molecular flexibility index (Phi) is 6.99. The molecule has 0 bridgehead atoms. The van der Waals surface area contributed by atoms with Gasteiger partial charge in [-0.3, -0.25) is 0 Å². The van der Waals surface area contributed by atoms with E-state index in [1.807, 2.05) is 0 Å². The van der Waals surface area contributed by atoms with Gasteiger partial charge in [-0.05, 0) is 75.3 Å². The molecule has 2 aliphatic carbocycles. The number of para-hydroxylation sites is 4. The van der Waals surface area contributed by atoms with Crippen molar-refractivity contribution in [3.63, 3.8) is 0 Å². The average molecular weight is 727 g/mol. The molecule has 0 spiro atoms. The van der Waals surface area contributed by atoms with Gasteiger partial charge < -0.3 is 9.47 Å². The lowest BCUT2D eigenvalue weighted by molar-refractivity contribution is 0.897. The van der Waals surface area contributed by atoms with E-state index in [0.29, 0.717) is 0 Å². The van der Waals surface area contributed by atoms with Crippen molar-refractivity contribution in [2.45, 2.75) is 6.04 Å². The number of rotatable bonds is 3. The summed E-state index contributed by atoms with van der Waals surface area (Å²) < 4.78 is 4.95. The summed E-state index contributed by atoms with van der Waals surface area (Å²) in [6.07, 6.45) is 8.96. The predicted molar refractivity (Wildman–Crippen MR) is 240 cm³/mol. The van der Waals surface area contributed by atoms with E-state index < -0.39 is 0 Å². The molecule has 2 heterocycles. The summed E-state index contributed by atoms with van der Waals surface area (Å²) in [5.41, 5.74) is 19.2. The number of anilines is 2. The monoisotopic (exact) mass is 726 g/mol. The van der Waals surface area contributed by atoms with E-state index >= 15 is 0 Å². The van der Waals surface area contributed by atoms with Crippen molar-refractivity contribution >= 4 is 50.3 Å². The van der Waals surface area contributed by atoms with Crippen LogP contribution in [-0.2, 0) is 0 Å². The molecule has 0 saturated heterocycles. The van der Waals surface area contributed by atoms with Gasteiger partial charge in [0.15, 0.2) is 0 Å². The van der Waals surface area contributed by atoms with Crippen LogP contribution in [0.2, 0.25) is 0 Å². The third-order valence-electron chi connectivity index (χ3n) is 12.0. The average Bonchev–Trinajstić information content (AvgIpc) is 3.62. The third-order valence-corrected chi connectivity index (χ3v) is 12.0. The molecule has 57 heavy (non-hydrogen) atoms. The highest BCUT2D eigenvalue weighted by atomic mass is 15.2. The summed E-state index contributed by atoms with van der Waals surface area (Å²) in [5, 5.41) is 2.52. The van der Waals surface area contributed by atoms with Crippen molar-refractivity contribution in [3.8, 4) is 50.2 Å². The van der Waals surface area contributed by atoms with Crippen molar-refractivity contribution in [2.75, 3.05) is 4.90 Å². The fraction of sp³-hybridized carbons (Fsp3) is 0.0185. The van der Waals surface area contributed by atoms with Crippen LogP contribution in [0.15, 0.2) is 212 Å². The molecule has 0 saturated carbocycles. The summed E-state index contributed by atoms with van der Waals surface area (Å²) in [4.78, 5) is 2.52. The Labute approximate surface area is 331 Å². The van der Waals surface area contributed by atoms with E-state index in [2.05, 4.69) is 226 Å². The normalized spacial score (nSPS) is 14.9. The highest BCUT2D eigenvalue weighted by Crippen LogP contribution is 2.54. The first-order chi connectivity index (χ1) is 28.3. The van der Waals surface area contributed by atoms with Crippen LogP contribution in [0.4, 0.5) is 22.7 Å². The molecular weight excluding hydrogens is 691 g/mol. The summed E-state index contributed by atoms with van der Waals surface area (Å²) >= 11 is 0. The minimum Gasteiger partial charge on any atom is -0.319 e. The highest BCUT2D eigenvalue weighted by Gasteiger charge is 2.41. The van der Waals surface area contributed by atoms with Crippen LogP contribution in [0, 0.1) is 0 Å². The number of hydrogen-bond acceptors (Lipinski definition) is 1. The van der Waals surface area contributed by atoms with Gasteiger partial charge in [0.2, 0.25) is 17.1 Å². The van der Waals surface area contributed by atoms with Crippen LogP contribution in [0.3, 0.4) is 0 Å². The van der Waals surface area contributed by atoms with Crippen LogP contribution >= 0.6 is 0 Å². The molecular formula is C54H36N3+. The van der Waals surface area contributed by atoms with E-state index in [1.165, 1.54) is 83.4 Å². The number of allylic oxidation sites excluding steroid dienone is 2. The van der Waals surface area contributed by atoms with Gasteiger partial charge in [-0.2, -0.15) is 4.58 Å². The Balaban J connectivity index is 1.21. The zero-order valence-electron chi connectivity index (χ0n) is 31.1. The number of nitrogens with zero attached hydrogens (tertiary/aromatic N) is 3. The summed E-state index contributed by atoms with van der Waals surface area (Å²) in [6.45, 7) is 0. The van der Waals surface area contributed by atoms with E-state index in [0.717, 1.165) is 17.1 Å². The lowest BCUT2D eigenvalue weighted by Gasteiger charge is -2.37. The second-order valence-electron chi connectivity index (χ2n) is 15.0. The molecule has 3 heteroatoms. The van der Waals surface area contributed by atoms with Crippen molar-refractivity contribution in [1.29, 1.82) is 0 Å². The second kappa shape index (κ2) is 12.5. The Morgan fingerprint density at radius 2 is 0.982 bits per heavy atom. The highest BCUT2D eigenvalue weighted by molar-refractivity contribution is 6.15. The van der Waals surface area contributed by atoms with Crippen molar-refractivity contribution < 1.29 is 0 Å². The topological polar surface area (TPSA) is 11.2 Å². The van der Waals surface area contributed by atoms with Crippen molar-refractivity contribution in [1.82, 2.24) is 9.14 Å². The Hall–Kier alpha value is -7.49. The number of hydrogen-bond donors (Lipinski definition) is 0. The van der Waals surface area contributed by atoms with E-state index in [9.17, 15) is 0 Å². The smallest absolute Gasteiger partial charge is 0.235 e. The molecule has 0 radical (unpaired) electrons. The molecule has 3 aliphatic rings. The predicted octanol–water partition coefficient (Wildman–Crippen LogP) is 13.7. The fourth-order valence-electron chi connectivity index (χ4n) is 9.69. The first kappa shape index (κ1) is 31.8. The number of aromatic nitrogens is 1. The lowest BCUT2D eigenvalue weighted by Crippen LogP contribution is -2.44. The minimum absolute atomic E-state index is 0.00173. The molecule has 12 rings (SSSR count). The molecule has 266 valence electrons. The van der Waals surface area contributed by atoms with E-state index in [-0.39, 0.29) is 6.04 Å². The summed E-state index contributed by atoms with van der Waals surface area (Å²) in [5.74, 6) is 0. The van der Waals surface area contributed by atoms with Gasteiger partial charge in [0.05, 0.1) is 16.7 Å². The fourth-order valence-corrected chi connectivity index (χ4v) is 9.69. The van der Waals surface area contributed by atoms with Crippen molar-refractivity contribution in [3.05, 3.63) is 212 Å². The van der Waals surface area contributed by atoms with Crippen molar-refractivity contribution in [2.24, 2.45) is 0 Å². The molecule has 0 amide bonds. The van der Waals surface area contributed by atoms with Gasteiger partial charge in [-0.15, -0.1) is 0 Å². The molecule has 1 aliphatic heterocycles. The molecule has 3 nitrogen and oxygen atoms in total. The molecule has 0 N–H and O–H groups in total. The first-order valence-electron chi connectivity index (χ1n) is 19.7. The van der Waals surface area contributed by atoms with Crippen LogP contribution in [0.25, 0.3) is 72.0 Å². The van der Waals surface area contributed by atoms with E-state index in [1.54, 1.807) is 0 Å². The van der Waals surface area contributed by atoms with Gasteiger partial charge in [-0.25, -0.2) is 0 Å². The van der Waals surface area contributed by atoms with Gasteiger partial charge in [0, 0.05) is 46.3 Å². The first-order valence-corrected chi connectivity index (χ1v) is 19.7. The van der Waals surface area contributed by atoms with Crippen LogP contribution in [0.1, 0.15) is 0 Å². The molecule has 1 atom stereocenters. The Morgan fingerprint density at radius 1 is 0.421 bits per heavy atom. The maximum Gasteiger partial charge on any atom is 0.235 e. The van der Waals surface area contributed by atoms with Gasteiger partial charge in [-0.1, -0.05) is 152 Å². The Bertz CT molecular complexity index is 3130. The zero-order valence-corrected chi connectivity index (χ0v) is 31.1. The van der Waals surface area contributed by atoms with Crippen LogP contribution in [0.5, 0.6) is 0 Å². The van der Waals surface area contributed by atoms with Gasteiger partial charge in [0.25, 0.3) is 0 Å². The molecule has 9 aromatic rings. The lowest BCUT2D eigenvalue weighted by atomic mass is 9.79. The molecule has 1 aromatic heterocycles. The standard InChI is InChI=1S/C54H36N3/c1-3-18-36(19-4-1)55-49-31-15-16-32-50(49)56(37-20-5-2-6-21-37)53-35-46-40-24-9-10-27-43(40)54-44(38-22-7-8-23-39(38)45(46)34-52(53)55)28-17-33-51(54)57-47-29-13-11-25-41(47)42-26-12-14-30-48(42)57/h1-35,50H/q+1. The van der Waals surface area contributed by atoms with Crippen LogP contribution < -0.4 is 9.48 Å². The maximum absolute atomic E-state index is 2.52. The molecule has 0 fully saturated rings. The minimum atomic E-state index is 0.00173. The number of fused-ring (bicyclic) bond motifs is 13. The zero-order chi connectivity index (χ0) is 37.5. The van der Waals surface area contributed by atoms with Gasteiger partial charge >= 0.3 is 0 Å². The third kappa shape index (κ3) is 4.69. The van der Waals surface area contributed by atoms with Crippen LogP contribution in [-0.4, -0.2) is 16.3 Å². The second-order valence-corrected chi connectivity index (χ2v) is 15.0. The Morgan fingerprint density at radius 3 is 1.70 bits per heavy atom.